The largest absolute Gasteiger partial charge is 0.465 e. The van der Waals surface area contributed by atoms with Crippen LogP contribution in [-0.2, 0) is 4.74 Å². The molecule has 3 nitrogen and oxygen atoms in total. The number of hydrogen-bond acceptors (Lipinski definition) is 4. The standard InChI is InChI=1S/C15H15ClFNO2S/c1-7(2)11-12(18)14(15(19)20-3)21-13(11)8-4-5-9(16)10(17)6-8/h4-7H,18H2,1-3H3. The fourth-order valence-electron chi connectivity index (χ4n) is 2.13. The Kier molecular flexibility index (Phi) is 4.54. The van der Waals surface area contributed by atoms with Crippen LogP contribution in [0.5, 0.6) is 0 Å². The molecule has 0 aliphatic rings. The Hall–Kier alpha value is -1.59. The van der Waals surface area contributed by atoms with Crippen LogP contribution in [0.25, 0.3) is 10.4 Å². The Bertz CT molecular complexity index is 697. The minimum atomic E-state index is -0.504. The van der Waals surface area contributed by atoms with Crippen LogP contribution in [0.3, 0.4) is 0 Å². The molecule has 0 atom stereocenters. The molecule has 1 aromatic heterocycles. The lowest BCUT2D eigenvalue weighted by molar-refractivity contribution is 0.0607. The molecule has 0 bridgehead atoms. The van der Waals surface area contributed by atoms with Crippen LogP contribution < -0.4 is 5.73 Å². The zero-order valence-corrected chi connectivity index (χ0v) is 13.4. The summed E-state index contributed by atoms with van der Waals surface area (Å²) in [5.74, 6) is -0.899. The first kappa shape index (κ1) is 15.8. The van der Waals surface area contributed by atoms with Gasteiger partial charge < -0.3 is 10.5 Å². The first-order chi connectivity index (χ1) is 9.86. The number of halogens is 2. The number of hydrogen-bond donors (Lipinski definition) is 1. The summed E-state index contributed by atoms with van der Waals surface area (Å²) in [6.45, 7) is 3.94. The number of anilines is 1. The van der Waals surface area contributed by atoms with Crippen molar-refractivity contribution in [1.29, 1.82) is 0 Å². The summed E-state index contributed by atoms with van der Waals surface area (Å²) in [7, 11) is 1.30. The predicted molar refractivity (Wildman–Crippen MR) is 84.6 cm³/mol. The molecule has 112 valence electrons. The van der Waals surface area contributed by atoms with Crippen molar-refractivity contribution in [2.45, 2.75) is 19.8 Å². The molecule has 0 aliphatic carbocycles. The molecular formula is C15H15ClFNO2S. The zero-order chi connectivity index (χ0) is 15.7. The Morgan fingerprint density at radius 1 is 1.43 bits per heavy atom. The lowest BCUT2D eigenvalue weighted by Crippen LogP contribution is -2.03. The Morgan fingerprint density at radius 3 is 2.62 bits per heavy atom. The van der Waals surface area contributed by atoms with Crippen LogP contribution in [0.15, 0.2) is 18.2 Å². The SMILES string of the molecule is COC(=O)c1sc(-c2ccc(Cl)c(F)c2)c(C(C)C)c1N. The fraction of sp³-hybridized carbons (Fsp3) is 0.267. The quantitative estimate of drug-likeness (QED) is 0.831. The lowest BCUT2D eigenvalue weighted by atomic mass is 9.98. The van der Waals surface area contributed by atoms with Gasteiger partial charge in [0.15, 0.2) is 0 Å². The van der Waals surface area contributed by atoms with Crippen molar-refractivity contribution in [2.75, 3.05) is 12.8 Å². The van der Waals surface area contributed by atoms with Crippen LogP contribution >= 0.6 is 22.9 Å². The van der Waals surface area contributed by atoms with Gasteiger partial charge in [-0.1, -0.05) is 31.5 Å². The van der Waals surface area contributed by atoms with Crippen molar-refractivity contribution < 1.29 is 13.9 Å². The third kappa shape index (κ3) is 2.89. The van der Waals surface area contributed by atoms with Gasteiger partial charge in [-0.3, -0.25) is 0 Å². The van der Waals surface area contributed by atoms with E-state index >= 15 is 0 Å². The molecule has 0 amide bonds. The summed E-state index contributed by atoms with van der Waals surface area (Å²) >= 11 is 6.91. The molecule has 2 aromatic rings. The Morgan fingerprint density at radius 2 is 2.10 bits per heavy atom. The van der Waals surface area contributed by atoms with E-state index in [2.05, 4.69) is 0 Å². The van der Waals surface area contributed by atoms with E-state index in [4.69, 9.17) is 22.1 Å². The second-order valence-electron chi connectivity index (χ2n) is 4.86. The minimum absolute atomic E-state index is 0.0579. The fourth-order valence-corrected chi connectivity index (χ4v) is 3.53. The van der Waals surface area contributed by atoms with E-state index in [1.165, 1.54) is 30.6 Å². The number of carbonyl (C=O) groups excluding carboxylic acids is 1. The molecule has 0 radical (unpaired) electrons. The van der Waals surface area contributed by atoms with Crippen molar-refractivity contribution in [3.05, 3.63) is 39.5 Å². The maximum absolute atomic E-state index is 13.7. The Balaban J connectivity index is 2.67. The predicted octanol–water partition coefficient (Wildman–Crippen LogP) is 4.70. The van der Waals surface area contributed by atoms with Gasteiger partial charge in [-0.05, 0) is 29.2 Å². The molecule has 6 heteroatoms. The van der Waals surface area contributed by atoms with E-state index in [1.807, 2.05) is 13.8 Å². The number of benzene rings is 1. The molecular weight excluding hydrogens is 313 g/mol. The van der Waals surface area contributed by atoms with E-state index in [9.17, 15) is 9.18 Å². The highest BCUT2D eigenvalue weighted by Gasteiger charge is 2.24. The minimum Gasteiger partial charge on any atom is -0.465 e. The number of carbonyl (C=O) groups is 1. The van der Waals surface area contributed by atoms with Gasteiger partial charge >= 0.3 is 5.97 Å². The number of nitrogen functional groups attached to an aromatic ring is 1. The summed E-state index contributed by atoms with van der Waals surface area (Å²) in [5, 5.41) is 0.0579. The smallest absolute Gasteiger partial charge is 0.350 e. The van der Waals surface area contributed by atoms with Gasteiger partial charge in [0.25, 0.3) is 0 Å². The van der Waals surface area contributed by atoms with Gasteiger partial charge in [-0.15, -0.1) is 11.3 Å². The molecule has 2 N–H and O–H groups in total. The molecule has 1 aromatic carbocycles. The van der Waals surface area contributed by atoms with Crippen LogP contribution in [-0.4, -0.2) is 13.1 Å². The third-order valence-corrected chi connectivity index (χ3v) is 4.67. The topological polar surface area (TPSA) is 52.3 Å². The molecule has 0 saturated carbocycles. The maximum atomic E-state index is 13.7. The lowest BCUT2D eigenvalue weighted by Gasteiger charge is -2.09. The van der Waals surface area contributed by atoms with Crippen LogP contribution in [0.2, 0.25) is 5.02 Å². The van der Waals surface area contributed by atoms with Gasteiger partial charge in [-0.2, -0.15) is 0 Å². The van der Waals surface area contributed by atoms with Gasteiger partial charge in [-0.25, -0.2) is 9.18 Å². The second kappa shape index (κ2) is 6.03. The third-order valence-electron chi connectivity index (χ3n) is 3.11. The highest BCUT2D eigenvalue weighted by molar-refractivity contribution is 7.18. The number of thiophene rings is 1. The molecule has 0 spiro atoms. The normalized spacial score (nSPS) is 11.0. The molecule has 0 aliphatic heterocycles. The molecule has 0 unspecified atom stereocenters. The first-order valence-corrected chi connectivity index (χ1v) is 7.52. The van der Waals surface area contributed by atoms with Crippen LogP contribution in [0, 0.1) is 5.82 Å². The van der Waals surface area contributed by atoms with Crippen molar-refractivity contribution in [1.82, 2.24) is 0 Å². The number of rotatable bonds is 3. The molecule has 2 rings (SSSR count). The monoisotopic (exact) mass is 327 g/mol. The zero-order valence-electron chi connectivity index (χ0n) is 11.9. The van der Waals surface area contributed by atoms with Crippen LogP contribution in [0.1, 0.15) is 35.0 Å². The summed E-state index contributed by atoms with van der Waals surface area (Å²) in [6.07, 6.45) is 0. The van der Waals surface area contributed by atoms with Gasteiger partial charge in [0.05, 0.1) is 17.8 Å². The number of ether oxygens (including phenoxy) is 1. The summed E-state index contributed by atoms with van der Waals surface area (Å²) < 4.78 is 18.4. The van der Waals surface area contributed by atoms with E-state index in [0.29, 0.717) is 16.1 Å². The summed E-state index contributed by atoms with van der Waals surface area (Å²) in [4.78, 5) is 12.9. The van der Waals surface area contributed by atoms with Crippen LogP contribution in [0.4, 0.5) is 10.1 Å². The summed E-state index contributed by atoms with van der Waals surface area (Å²) in [5.41, 5.74) is 7.94. The van der Waals surface area contributed by atoms with Gasteiger partial charge in [0.2, 0.25) is 0 Å². The highest BCUT2D eigenvalue weighted by Crippen LogP contribution is 2.43. The molecule has 0 saturated heterocycles. The first-order valence-electron chi connectivity index (χ1n) is 6.32. The summed E-state index contributed by atoms with van der Waals surface area (Å²) in [6, 6.07) is 4.55. The van der Waals surface area contributed by atoms with Crippen molar-refractivity contribution in [3.63, 3.8) is 0 Å². The Labute approximate surface area is 131 Å². The molecule has 21 heavy (non-hydrogen) atoms. The highest BCUT2D eigenvalue weighted by atomic mass is 35.5. The average Bonchev–Trinajstić information content (AvgIpc) is 2.78. The molecule has 0 fully saturated rings. The van der Waals surface area contributed by atoms with E-state index < -0.39 is 11.8 Å². The van der Waals surface area contributed by atoms with Crippen molar-refractivity contribution in [3.8, 4) is 10.4 Å². The van der Waals surface area contributed by atoms with E-state index in [-0.39, 0.29) is 10.9 Å². The van der Waals surface area contributed by atoms with E-state index in [0.717, 1.165) is 10.4 Å². The van der Waals surface area contributed by atoms with Gasteiger partial charge in [0, 0.05) is 4.88 Å². The maximum Gasteiger partial charge on any atom is 0.350 e. The number of methoxy groups -OCH3 is 1. The van der Waals surface area contributed by atoms with Gasteiger partial charge in [0.1, 0.15) is 10.7 Å². The van der Waals surface area contributed by atoms with E-state index in [1.54, 1.807) is 6.07 Å². The second-order valence-corrected chi connectivity index (χ2v) is 6.29. The molecule has 1 heterocycles. The average molecular weight is 328 g/mol. The number of nitrogens with two attached hydrogens (primary N) is 1. The van der Waals surface area contributed by atoms with Crippen molar-refractivity contribution >= 4 is 34.6 Å². The number of esters is 1. The van der Waals surface area contributed by atoms with Crippen molar-refractivity contribution in [2.24, 2.45) is 0 Å².